The molecule has 0 bridgehead atoms. The van der Waals surface area contributed by atoms with Gasteiger partial charge in [0.05, 0.1) is 10.6 Å². The zero-order chi connectivity index (χ0) is 29.4. The molecule has 4 aromatic carbocycles. The molecule has 41 heavy (non-hydrogen) atoms. The van der Waals surface area contributed by atoms with E-state index in [9.17, 15) is 18.0 Å². The quantitative estimate of drug-likeness (QED) is 0.215. The summed E-state index contributed by atoms with van der Waals surface area (Å²) >= 11 is 6.82. The zero-order valence-electron chi connectivity index (χ0n) is 22.3. The van der Waals surface area contributed by atoms with Crippen LogP contribution in [0.4, 0.5) is 5.69 Å². The second-order valence-electron chi connectivity index (χ2n) is 9.27. The van der Waals surface area contributed by atoms with Gasteiger partial charge in [0.15, 0.2) is 0 Å². The molecule has 4 aromatic rings. The number of hydrogen-bond donors (Lipinski definition) is 1. The number of benzene rings is 4. The van der Waals surface area contributed by atoms with Crippen molar-refractivity contribution in [1.29, 1.82) is 0 Å². The maximum Gasteiger partial charge on any atom is 0.264 e. The third-order valence-electron chi connectivity index (χ3n) is 6.51. The molecule has 0 unspecified atom stereocenters. The molecule has 0 radical (unpaired) electrons. The van der Waals surface area contributed by atoms with Crippen molar-refractivity contribution in [2.45, 2.75) is 23.9 Å². The largest absolute Gasteiger partial charge is 0.357 e. The molecule has 212 valence electrons. The van der Waals surface area contributed by atoms with Gasteiger partial charge in [-0.05, 0) is 59.7 Å². The van der Waals surface area contributed by atoms with Crippen LogP contribution in [0.25, 0.3) is 0 Å². The van der Waals surface area contributed by atoms with Crippen molar-refractivity contribution in [2.75, 3.05) is 17.9 Å². The summed E-state index contributed by atoms with van der Waals surface area (Å²) in [5, 5.41) is 2.69. The molecule has 0 aliphatic heterocycles. The van der Waals surface area contributed by atoms with E-state index >= 15 is 0 Å². The number of rotatable bonds is 11. The first-order chi connectivity index (χ1) is 19.7. The van der Waals surface area contributed by atoms with Crippen LogP contribution in [-0.4, -0.2) is 44.8 Å². The summed E-state index contributed by atoms with van der Waals surface area (Å²) in [4.78, 5) is 29.0. The van der Waals surface area contributed by atoms with Gasteiger partial charge in [0.25, 0.3) is 10.0 Å². The van der Waals surface area contributed by atoms with E-state index in [1.807, 2.05) is 54.6 Å². The van der Waals surface area contributed by atoms with Crippen LogP contribution >= 0.6 is 31.9 Å². The van der Waals surface area contributed by atoms with Gasteiger partial charge in [-0.1, -0.05) is 92.5 Å². The first-order valence-corrected chi connectivity index (χ1v) is 15.8. The number of carbonyl (C=O) groups excluding carboxylic acids is 2. The fourth-order valence-corrected chi connectivity index (χ4v) is 6.33. The van der Waals surface area contributed by atoms with E-state index in [0.717, 1.165) is 24.4 Å². The summed E-state index contributed by atoms with van der Waals surface area (Å²) in [5.74, 6) is -0.861. The monoisotopic (exact) mass is 697 g/mol. The van der Waals surface area contributed by atoms with Gasteiger partial charge in [0.2, 0.25) is 11.8 Å². The number of likely N-dealkylation sites (N-methyl/N-ethyl adjacent to an activating group) is 1. The Morgan fingerprint density at radius 1 is 0.756 bits per heavy atom. The van der Waals surface area contributed by atoms with Gasteiger partial charge >= 0.3 is 0 Å². The van der Waals surface area contributed by atoms with Crippen LogP contribution < -0.4 is 9.62 Å². The summed E-state index contributed by atoms with van der Waals surface area (Å²) in [6.07, 6.45) is 0.256. The summed E-state index contributed by atoms with van der Waals surface area (Å²) in [5.41, 5.74) is 1.99. The van der Waals surface area contributed by atoms with Gasteiger partial charge in [-0.3, -0.25) is 13.9 Å². The Hall–Kier alpha value is -3.47. The van der Waals surface area contributed by atoms with E-state index in [1.165, 1.54) is 24.1 Å². The minimum absolute atomic E-state index is 0.0577. The number of amides is 2. The molecule has 0 aliphatic rings. The van der Waals surface area contributed by atoms with Crippen LogP contribution in [0.3, 0.4) is 0 Å². The first-order valence-electron chi connectivity index (χ1n) is 12.8. The number of sulfonamides is 1. The number of anilines is 1. The molecule has 4 rings (SSSR count). The molecule has 1 atom stereocenters. The topological polar surface area (TPSA) is 86.8 Å². The number of halogens is 2. The molecule has 10 heteroatoms. The van der Waals surface area contributed by atoms with Crippen LogP contribution in [0.1, 0.15) is 11.1 Å². The number of nitrogens with one attached hydrogen (secondary N) is 1. The van der Waals surface area contributed by atoms with Crippen LogP contribution in [0.15, 0.2) is 123 Å². The number of hydrogen-bond acceptors (Lipinski definition) is 4. The second-order valence-corrected chi connectivity index (χ2v) is 13.0. The maximum absolute atomic E-state index is 14.2. The van der Waals surface area contributed by atoms with Gasteiger partial charge < -0.3 is 10.2 Å². The maximum atomic E-state index is 14.2. The van der Waals surface area contributed by atoms with Crippen LogP contribution in [0.5, 0.6) is 0 Å². The minimum atomic E-state index is -4.12. The van der Waals surface area contributed by atoms with Gasteiger partial charge in [-0.2, -0.15) is 0 Å². The van der Waals surface area contributed by atoms with E-state index in [0.29, 0.717) is 5.69 Å². The summed E-state index contributed by atoms with van der Waals surface area (Å²) in [7, 11) is -2.60. The Labute approximate surface area is 257 Å². The van der Waals surface area contributed by atoms with Crippen molar-refractivity contribution in [3.05, 3.63) is 129 Å². The first kappa shape index (κ1) is 30.5. The molecule has 0 fully saturated rings. The molecular formula is C31H29Br2N3O4S. The second kappa shape index (κ2) is 13.9. The normalized spacial score (nSPS) is 11.9. The smallest absolute Gasteiger partial charge is 0.264 e. The molecule has 0 spiro atoms. The summed E-state index contributed by atoms with van der Waals surface area (Å²) < 4.78 is 30.5. The molecule has 0 aromatic heterocycles. The van der Waals surface area contributed by atoms with Gasteiger partial charge in [-0.15, -0.1) is 0 Å². The summed E-state index contributed by atoms with van der Waals surface area (Å²) in [6, 6.07) is 30.7. The zero-order valence-corrected chi connectivity index (χ0v) is 26.3. The Morgan fingerprint density at radius 3 is 1.85 bits per heavy atom. The minimum Gasteiger partial charge on any atom is -0.357 e. The molecule has 0 saturated carbocycles. The van der Waals surface area contributed by atoms with Crippen molar-refractivity contribution in [3.63, 3.8) is 0 Å². The van der Waals surface area contributed by atoms with Crippen LogP contribution in [-0.2, 0) is 32.6 Å². The molecule has 1 N–H and O–H groups in total. The summed E-state index contributed by atoms with van der Waals surface area (Å²) in [6.45, 7) is -0.395. The standard InChI is InChI=1S/C31H29Br2N3O4S/c1-34-31(38)29(20-23-8-4-2-5-9-23)35(21-24-12-14-25(32)15-13-24)30(37)22-36(27-18-16-26(33)17-19-27)41(39,40)28-10-6-3-7-11-28/h2-19,29H,20-22H2,1H3,(H,34,38)/t29-/m1/s1. The van der Waals surface area contributed by atoms with Gasteiger partial charge in [0.1, 0.15) is 12.6 Å². The average Bonchev–Trinajstić information content (AvgIpc) is 2.99. The average molecular weight is 699 g/mol. The third kappa shape index (κ3) is 7.84. The third-order valence-corrected chi connectivity index (χ3v) is 9.35. The van der Waals surface area contributed by atoms with Crippen molar-refractivity contribution >= 4 is 59.4 Å². The SMILES string of the molecule is CNC(=O)[C@@H](Cc1ccccc1)N(Cc1ccc(Br)cc1)C(=O)CN(c1ccc(Br)cc1)S(=O)(=O)c1ccccc1. The highest BCUT2D eigenvalue weighted by molar-refractivity contribution is 9.10. The van der Waals surface area contributed by atoms with E-state index < -0.39 is 28.5 Å². The lowest BCUT2D eigenvalue weighted by atomic mass is 10.0. The van der Waals surface area contributed by atoms with E-state index in [2.05, 4.69) is 37.2 Å². The fraction of sp³-hybridized carbons (Fsp3) is 0.161. The Bertz CT molecular complexity index is 1570. The lowest BCUT2D eigenvalue weighted by molar-refractivity contribution is -0.139. The lowest BCUT2D eigenvalue weighted by Gasteiger charge is -2.33. The highest BCUT2D eigenvalue weighted by Crippen LogP contribution is 2.26. The Morgan fingerprint density at radius 2 is 1.29 bits per heavy atom. The molecule has 0 heterocycles. The van der Waals surface area contributed by atoms with Crippen molar-refractivity contribution in [3.8, 4) is 0 Å². The van der Waals surface area contributed by atoms with E-state index in [4.69, 9.17) is 0 Å². The lowest BCUT2D eigenvalue weighted by Crippen LogP contribution is -2.53. The Kier molecular flexibility index (Phi) is 10.4. The van der Waals surface area contributed by atoms with Crippen molar-refractivity contribution in [1.82, 2.24) is 10.2 Å². The molecule has 0 saturated heterocycles. The fourth-order valence-electron chi connectivity index (χ4n) is 4.36. The molecule has 2 amide bonds. The highest BCUT2D eigenvalue weighted by atomic mass is 79.9. The number of nitrogens with zero attached hydrogens (tertiary/aromatic N) is 2. The van der Waals surface area contributed by atoms with E-state index in [1.54, 1.807) is 42.5 Å². The van der Waals surface area contributed by atoms with Gasteiger partial charge in [0, 0.05) is 29.0 Å². The van der Waals surface area contributed by atoms with Crippen LogP contribution in [0, 0.1) is 0 Å². The highest BCUT2D eigenvalue weighted by Gasteiger charge is 2.34. The van der Waals surface area contributed by atoms with Crippen molar-refractivity contribution in [2.24, 2.45) is 0 Å². The van der Waals surface area contributed by atoms with Gasteiger partial charge in [-0.25, -0.2) is 8.42 Å². The molecular weight excluding hydrogens is 670 g/mol. The van der Waals surface area contributed by atoms with Crippen molar-refractivity contribution < 1.29 is 18.0 Å². The number of carbonyl (C=O) groups is 2. The van der Waals surface area contributed by atoms with Crippen LogP contribution in [0.2, 0.25) is 0 Å². The predicted molar refractivity (Wildman–Crippen MR) is 168 cm³/mol. The Balaban J connectivity index is 1.77. The predicted octanol–water partition coefficient (Wildman–Crippen LogP) is 5.79. The molecule has 7 nitrogen and oxygen atoms in total. The van der Waals surface area contributed by atoms with E-state index in [-0.39, 0.29) is 23.8 Å². The molecule has 0 aliphatic carbocycles.